The molecule has 0 spiro atoms. The molecule has 1 unspecified atom stereocenters. The molecule has 2 rings (SSSR count). The zero-order chi connectivity index (χ0) is 17.2. The minimum atomic E-state index is -0.277. The van der Waals surface area contributed by atoms with Crippen molar-refractivity contribution in [3.05, 3.63) is 38.8 Å². The van der Waals surface area contributed by atoms with Gasteiger partial charge < -0.3 is 4.74 Å². The Morgan fingerprint density at radius 3 is 2.74 bits per heavy atom. The van der Waals surface area contributed by atoms with Crippen LogP contribution in [0.15, 0.2) is 23.7 Å². The van der Waals surface area contributed by atoms with Crippen LogP contribution in [0.2, 0.25) is 4.47 Å². The molecular weight excluding hydrogens is 333 g/mol. The average molecular weight is 358 g/mol. The summed E-state index contributed by atoms with van der Waals surface area (Å²) in [6, 6.07) is 0. The highest BCUT2D eigenvalue weighted by molar-refractivity contribution is 7.15. The molecule has 128 valence electrons. The van der Waals surface area contributed by atoms with Gasteiger partial charge in [-0.3, -0.25) is 0 Å². The molecule has 1 heterocycles. The van der Waals surface area contributed by atoms with E-state index in [0.29, 0.717) is 29.2 Å². The Morgan fingerprint density at radius 1 is 1.43 bits per heavy atom. The van der Waals surface area contributed by atoms with E-state index in [1.165, 1.54) is 22.3 Å². The van der Waals surface area contributed by atoms with E-state index >= 15 is 0 Å². The number of allylic oxidation sites excluding steroid dienone is 4. The Morgan fingerprint density at radius 2 is 2.13 bits per heavy atom. The van der Waals surface area contributed by atoms with Crippen molar-refractivity contribution in [3.63, 3.8) is 0 Å². The molecule has 0 N–H and O–H groups in total. The van der Waals surface area contributed by atoms with Crippen LogP contribution in [0, 0.1) is 11.3 Å². The Hall–Kier alpha value is -0.870. The van der Waals surface area contributed by atoms with Crippen LogP contribution in [0.1, 0.15) is 57.5 Å². The van der Waals surface area contributed by atoms with Gasteiger partial charge in [0.2, 0.25) is 0 Å². The highest BCUT2D eigenvalue weighted by Crippen LogP contribution is 2.39. The van der Waals surface area contributed by atoms with Crippen molar-refractivity contribution in [3.8, 4) is 0 Å². The van der Waals surface area contributed by atoms with Crippen LogP contribution in [-0.4, -0.2) is 11.6 Å². The summed E-state index contributed by atoms with van der Waals surface area (Å²) in [4.78, 5) is 5.69. The fourth-order valence-corrected chi connectivity index (χ4v) is 4.00. The van der Waals surface area contributed by atoms with Gasteiger partial charge in [0.1, 0.15) is 5.76 Å². The monoisotopic (exact) mass is 357 g/mol. The summed E-state index contributed by atoms with van der Waals surface area (Å²) in [6.45, 7) is 11.2. The first-order valence-electron chi connectivity index (χ1n) is 8.00. The summed E-state index contributed by atoms with van der Waals surface area (Å²) in [5.41, 5.74) is 1.12. The highest BCUT2D eigenvalue weighted by atomic mass is 35.5. The van der Waals surface area contributed by atoms with E-state index in [4.69, 9.17) is 16.3 Å². The molecule has 1 atom stereocenters. The molecule has 1 aromatic rings. The molecule has 0 radical (unpaired) electrons. The average Bonchev–Trinajstić information content (AvgIpc) is 2.76. The van der Waals surface area contributed by atoms with Gasteiger partial charge in [-0.1, -0.05) is 52.3 Å². The molecule has 0 saturated heterocycles. The summed E-state index contributed by atoms with van der Waals surface area (Å²) >= 11 is 7.67. The van der Waals surface area contributed by atoms with Crippen LogP contribution in [0.5, 0.6) is 0 Å². The number of ether oxygens (including phenoxy) is 1. The van der Waals surface area contributed by atoms with Gasteiger partial charge in [0.15, 0.2) is 10.3 Å². The predicted molar refractivity (Wildman–Crippen MR) is 95.7 cm³/mol. The Balaban J connectivity index is 2.19. The molecule has 1 aliphatic rings. The smallest absolute Gasteiger partial charge is 0.184 e. The van der Waals surface area contributed by atoms with E-state index in [2.05, 4.69) is 39.6 Å². The summed E-state index contributed by atoms with van der Waals surface area (Å²) in [7, 11) is 0. The van der Waals surface area contributed by atoms with E-state index in [-0.39, 0.29) is 17.2 Å². The first-order chi connectivity index (χ1) is 10.7. The van der Waals surface area contributed by atoms with E-state index < -0.39 is 0 Å². The van der Waals surface area contributed by atoms with Crippen LogP contribution in [0.4, 0.5) is 4.39 Å². The standard InChI is InChI=1S/C18H25ClFNOS/c1-11(2)10-22-14-8-12(6-7-13(14)20)16-15(9-18(3,4)5)23-17(19)21-16/h6-7,11-12H,8-10H2,1-5H3. The largest absolute Gasteiger partial charge is 0.495 e. The van der Waals surface area contributed by atoms with Crippen molar-refractivity contribution in [2.45, 2.75) is 53.4 Å². The number of hydrogen-bond acceptors (Lipinski definition) is 3. The van der Waals surface area contributed by atoms with E-state index in [1.54, 1.807) is 0 Å². The molecule has 0 saturated carbocycles. The van der Waals surface area contributed by atoms with Crippen LogP contribution in [0.25, 0.3) is 0 Å². The molecule has 5 heteroatoms. The van der Waals surface area contributed by atoms with Crippen LogP contribution < -0.4 is 0 Å². The molecule has 0 fully saturated rings. The highest BCUT2D eigenvalue weighted by Gasteiger charge is 2.26. The maximum absolute atomic E-state index is 14.0. The van der Waals surface area contributed by atoms with Gasteiger partial charge in [-0.25, -0.2) is 9.37 Å². The molecule has 1 aromatic heterocycles. The summed E-state index contributed by atoms with van der Waals surface area (Å²) in [5, 5.41) is 0. The van der Waals surface area contributed by atoms with Gasteiger partial charge in [0.25, 0.3) is 0 Å². The van der Waals surface area contributed by atoms with Crippen molar-refractivity contribution >= 4 is 22.9 Å². The lowest BCUT2D eigenvalue weighted by Crippen LogP contribution is -2.13. The number of hydrogen-bond donors (Lipinski definition) is 0. The van der Waals surface area contributed by atoms with Gasteiger partial charge in [0.05, 0.1) is 12.3 Å². The first-order valence-corrected chi connectivity index (χ1v) is 9.20. The minimum absolute atomic E-state index is 0.0257. The van der Waals surface area contributed by atoms with Crippen LogP contribution in [0.3, 0.4) is 0 Å². The van der Waals surface area contributed by atoms with E-state index in [9.17, 15) is 4.39 Å². The van der Waals surface area contributed by atoms with Crippen molar-refractivity contribution in [1.29, 1.82) is 0 Å². The van der Waals surface area contributed by atoms with Crippen molar-refractivity contribution in [2.24, 2.45) is 11.3 Å². The zero-order valence-electron chi connectivity index (χ0n) is 14.5. The van der Waals surface area contributed by atoms with Gasteiger partial charge >= 0.3 is 0 Å². The van der Waals surface area contributed by atoms with Crippen molar-refractivity contribution in [1.82, 2.24) is 4.98 Å². The number of thiazole rings is 1. The number of halogens is 2. The quantitative estimate of drug-likeness (QED) is 0.618. The van der Waals surface area contributed by atoms with Gasteiger partial charge in [-0.05, 0) is 23.8 Å². The number of rotatable bonds is 5. The number of nitrogens with zero attached hydrogens (tertiary/aromatic N) is 1. The molecular formula is C18H25ClFNOS. The topological polar surface area (TPSA) is 22.1 Å². The fraction of sp³-hybridized carbons (Fsp3) is 0.611. The number of aromatic nitrogens is 1. The molecule has 1 aliphatic carbocycles. The summed E-state index contributed by atoms with van der Waals surface area (Å²) in [5.74, 6) is 0.542. The van der Waals surface area contributed by atoms with Crippen LogP contribution in [-0.2, 0) is 11.2 Å². The Bertz CT molecular complexity index is 613. The maximum atomic E-state index is 14.0. The lowest BCUT2D eigenvalue weighted by molar-refractivity contribution is 0.160. The third kappa shape index (κ3) is 5.32. The second kappa shape index (κ2) is 7.35. The third-order valence-corrected chi connectivity index (χ3v) is 4.66. The van der Waals surface area contributed by atoms with Gasteiger partial charge in [-0.2, -0.15) is 0 Å². The summed E-state index contributed by atoms with van der Waals surface area (Å²) in [6.07, 6.45) is 4.78. The fourth-order valence-electron chi connectivity index (χ4n) is 2.47. The van der Waals surface area contributed by atoms with Crippen molar-refractivity contribution in [2.75, 3.05) is 6.61 Å². The van der Waals surface area contributed by atoms with Gasteiger partial charge in [-0.15, -0.1) is 11.3 Å². The molecule has 0 aromatic carbocycles. The van der Waals surface area contributed by atoms with Crippen LogP contribution >= 0.6 is 22.9 Å². The molecule has 0 amide bonds. The lowest BCUT2D eigenvalue weighted by atomic mass is 9.87. The zero-order valence-corrected chi connectivity index (χ0v) is 16.0. The first kappa shape index (κ1) is 18.5. The predicted octanol–water partition coefficient (Wildman–Crippen LogP) is 6.28. The van der Waals surface area contributed by atoms with Gasteiger partial charge in [0, 0.05) is 17.2 Å². The van der Waals surface area contributed by atoms with E-state index in [1.807, 2.05) is 6.08 Å². The van der Waals surface area contributed by atoms with E-state index in [0.717, 1.165) is 12.1 Å². The normalized spacial score (nSPS) is 18.9. The minimum Gasteiger partial charge on any atom is -0.495 e. The lowest BCUT2D eigenvalue weighted by Gasteiger charge is -2.22. The van der Waals surface area contributed by atoms with Crippen molar-refractivity contribution < 1.29 is 9.13 Å². The molecule has 0 bridgehead atoms. The maximum Gasteiger partial charge on any atom is 0.184 e. The SMILES string of the molecule is CC(C)COC1=C(F)C=CC(c2nc(Cl)sc2CC(C)(C)C)C1. The molecule has 23 heavy (non-hydrogen) atoms. The molecule has 2 nitrogen and oxygen atoms in total. The second-order valence-corrected chi connectivity index (χ2v) is 9.32. The summed E-state index contributed by atoms with van der Waals surface area (Å²) < 4.78 is 20.2. The third-order valence-electron chi connectivity index (χ3n) is 3.48. The Labute approximate surface area is 147 Å². The Kier molecular flexibility index (Phi) is 5.90. The second-order valence-electron chi connectivity index (χ2n) is 7.66. The molecule has 0 aliphatic heterocycles.